The Balaban J connectivity index is 1.68. The third-order valence-electron chi connectivity index (χ3n) is 5.47. The molecular weight excluding hydrogens is 398 g/mol. The first kappa shape index (κ1) is 20.5. The van der Waals surface area contributed by atoms with Crippen molar-refractivity contribution < 1.29 is 13.2 Å². The molecule has 6 nitrogen and oxygen atoms in total. The second-order valence-electron chi connectivity index (χ2n) is 7.57. The molecule has 3 aromatic rings. The average molecular weight is 424 g/mol. The summed E-state index contributed by atoms with van der Waals surface area (Å²) in [6.45, 7) is 3.49. The summed E-state index contributed by atoms with van der Waals surface area (Å²) >= 11 is 0. The SMILES string of the molecule is Cc1ccccc1C(=O)Nc1ccc(S(=O)(=O)NC2CCNCC2)c2ccccc12. The Morgan fingerprint density at radius 2 is 1.60 bits per heavy atom. The van der Waals surface area contributed by atoms with Gasteiger partial charge in [-0.1, -0.05) is 42.5 Å². The zero-order chi connectivity index (χ0) is 21.1. The van der Waals surface area contributed by atoms with Crippen LogP contribution >= 0.6 is 0 Å². The normalized spacial score (nSPS) is 15.2. The number of amides is 1. The molecule has 156 valence electrons. The number of carbonyl (C=O) groups excluding carboxylic acids is 1. The van der Waals surface area contributed by atoms with Crippen LogP contribution in [0.15, 0.2) is 65.6 Å². The molecule has 0 saturated carbocycles. The van der Waals surface area contributed by atoms with E-state index in [9.17, 15) is 13.2 Å². The summed E-state index contributed by atoms with van der Waals surface area (Å²) in [7, 11) is -3.68. The highest BCUT2D eigenvalue weighted by Crippen LogP contribution is 2.30. The van der Waals surface area contributed by atoms with Gasteiger partial charge in [-0.25, -0.2) is 13.1 Å². The van der Waals surface area contributed by atoms with E-state index in [1.165, 1.54) is 0 Å². The van der Waals surface area contributed by atoms with Crippen molar-refractivity contribution in [3.8, 4) is 0 Å². The largest absolute Gasteiger partial charge is 0.321 e. The van der Waals surface area contributed by atoms with Crippen molar-refractivity contribution >= 4 is 32.4 Å². The van der Waals surface area contributed by atoms with Gasteiger partial charge in [0, 0.05) is 28.1 Å². The van der Waals surface area contributed by atoms with Gasteiger partial charge in [0.25, 0.3) is 5.91 Å². The summed E-state index contributed by atoms with van der Waals surface area (Å²) in [4.78, 5) is 13.0. The van der Waals surface area contributed by atoms with E-state index in [1.807, 2.05) is 37.3 Å². The molecule has 0 bridgehead atoms. The lowest BCUT2D eigenvalue weighted by Crippen LogP contribution is -2.42. The first-order valence-corrected chi connectivity index (χ1v) is 11.6. The van der Waals surface area contributed by atoms with E-state index in [0.29, 0.717) is 22.0 Å². The number of carbonyl (C=O) groups is 1. The van der Waals surface area contributed by atoms with Gasteiger partial charge < -0.3 is 10.6 Å². The second kappa shape index (κ2) is 8.55. The number of benzene rings is 3. The van der Waals surface area contributed by atoms with Crippen molar-refractivity contribution in [2.24, 2.45) is 0 Å². The maximum atomic E-state index is 13.1. The Morgan fingerprint density at radius 1 is 0.933 bits per heavy atom. The van der Waals surface area contributed by atoms with E-state index < -0.39 is 10.0 Å². The minimum Gasteiger partial charge on any atom is -0.321 e. The minimum absolute atomic E-state index is 0.0737. The average Bonchev–Trinajstić information content (AvgIpc) is 2.74. The molecule has 1 amide bonds. The van der Waals surface area contributed by atoms with Crippen LogP contribution in [0.1, 0.15) is 28.8 Å². The molecule has 1 aliphatic heterocycles. The van der Waals surface area contributed by atoms with Crippen LogP contribution in [0.2, 0.25) is 0 Å². The Kier molecular flexibility index (Phi) is 5.85. The molecule has 1 aliphatic rings. The number of anilines is 1. The molecule has 3 aromatic carbocycles. The van der Waals surface area contributed by atoms with Crippen molar-refractivity contribution in [2.75, 3.05) is 18.4 Å². The zero-order valence-electron chi connectivity index (χ0n) is 16.8. The highest BCUT2D eigenvalue weighted by Gasteiger charge is 2.24. The van der Waals surface area contributed by atoms with Crippen LogP contribution in [0, 0.1) is 6.92 Å². The highest BCUT2D eigenvalue weighted by atomic mass is 32.2. The van der Waals surface area contributed by atoms with E-state index in [1.54, 1.807) is 30.3 Å². The van der Waals surface area contributed by atoms with Gasteiger partial charge >= 0.3 is 0 Å². The quantitative estimate of drug-likeness (QED) is 0.587. The summed E-state index contributed by atoms with van der Waals surface area (Å²) in [5, 5.41) is 7.45. The molecular formula is C23H25N3O3S. The molecule has 0 atom stereocenters. The third-order valence-corrected chi connectivity index (χ3v) is 7.05. The third kappa shape index (κ3) is 4.23. The monoisotopic (exact) mass is 423 g/mol. The molecule has 0 radical (unpaired) electrons. The van der Waals surface area contributed by atoms with E-state index >= 15 is 0 Å². The number of hydrogen-bond acceptors (Lipinski definition) is 4. The Bertz CT molecular complexity index is 1190. The molecule has 1 fully saturated rings. The molecule has 7 heteroatoms. The molecule has 30 heavy (non-hydrogen) atoms. The minimum atomic E-state index is -3.68. The molecule has 1 saturated heterocycles. The first-order valence-electron chi connectivity index (χ1n) is 10.1. The standard InChI is InChI=1S/C23H25N3O3S/c1-16-6-2-3-7-18(16)23(27)25-21-10-11-22(20-9-5-4-8-19(20)21)30(28,29)26-17-12-14-24-15-13-17/h2-11,17,24,26H,12-15H2,1H3,(H,25,27). The maximum Gasteiger partial charge on any atom is 0.255 e. The molecule has 0 unspecified atom stereocenters. The Morgan fingerprint density at radius 3 is 2.33 bits per heavy atom. The maximum absolute atomic E-state index is 13.1. The van der Waals surface area contributed by atoms with Gasteiger partial charge in [-0.05, 0) is 56.6 Å². The van der Waals surface area contributed by atoms with Gasteiger partial charge in [0.05, 0.1) is 4.90 Å². The number of aryl methyl sites for hydroxylation is 1. The van der Waals surface area contributed by atoms with E-state index in [4.69, 9.17) is 0 Å². The molecule has 0 aliphatic carbocycles. The number of fused-ring (bicyclic) bond motifs is 1. The summed E-state index contributed by atoms with van der Waals surface area (Å²) in [6, 6.07) is 17.8. The van der Waals surface area contributed by atoms with E-state index in [0.717, 1.165) is 31.5 Å². The fourth-order valence-corrected chi connectivity index (χ4v) is 5.37. The van der Waals surface area contributed by atoms with Crippen molar-refractivity contribution in [3.63, 3.8) is 0 Å². The Hall–Kier alpha value is -2.74. The lowest BCUT2D eigenvalue weighted by Gasteiger charge is -2.24. The number of rotatable bonds is 5. The van der Waals surface area contributed by atoms with Crippen molar-refractivity contribution in [1.82, 2.24) is 10.0 Å². The van der Waals surface area contributed by atoms with Crippen LogP contribution in [-0.4, -0.2) is 33.5 Å². The van der Waals surface area contributed by atoms with Gasteiger partial charge in [0.2, 0.25) is 10.0 Å². The van der Waals surface area contributed by atoms with Gasteiger partial charge in [-0.15, -0.1) is 0 Å². The highest BCUT2D eigenvalue weighted by molar-refractivity contribution is 7.89. The first-order chi connectivity index (χ1) is 14.5. The Labute approximate surface area is 176 Å². The molecule has 4 rings (SSSR count). The van der Waals surface area contributed by atoms with Crippen LogP contribution in [0.3, 0.4) is 0 Å². The fraction of sp³-hybridized carbons (Fsp3) is 0.261. The lowest BCUT2D eigenvalue weighted by atomic mass is 10.1. The van der Waals surface area contributed by atoms with Crippen LogP contribution in [0.25, 0.3) is 10.8 Å². The fourth-order valence-electron chi connectivity index (χ4n) is 3.85. The molecule has 0 aromatic heterocycles. The summed E-state index contributed by atoms with van der Waals surface area (Å²) in [6.07, 6.45) is 1.53. The van der Waals surface area contributed by atoms with Gasteiger partial charge in [0.1, 0.15) is 0 Å². The number of hydrogen-bond donors (Lipinski definition) is 3. The number of nitrogens with one attached hydrogen (secondary N) is 3. The smallest absolute Gasteiger partial charge is 0.255 e. The molecule has 0 spiro atoms. The summed E-state index contributed by atoms with van der Waals surface area (Å²) in [5.41, 5.74) is 2.05. The molecule has 3 N–H and O–H groups in total. The number of piperidine rings is 1. The van der Waals surface area contributed by atoms with Crippen LogP contribution in [0.5, 0.6) is 0 Å². The summed E-state index contributed by atoms with van der Waals surface area (Å²) in [5.74, 6) is -0.221. The van der Waals surface area contributed by atoms with Crippen LogP contribution < -0.4 is 15.4 Å². The number of sulfonamides is 1. The van der Waals surface area contributed by atoms with Crippen LogP contribution in [-0.2, 0) is 10.0 Å². The van der Waals surface area contributed by atoms with Gasteiger partial charge in [-0.2, -0.15) is 0 Å². The topological polar surface area (TPSA) is 87.3 Å². The second-order valence-corrected chi connectivity index (χ2v) is 9.25. The predicted octanol–water partition coefficient (Wildman–Crippen LogP) is 3.43. The van der Waals surface area contributed by atoms with Crippen molar-refractivity contribution in [3.05, 3.63) is 71.8 Å². The van der Waals surface area contributed by atoms with Crippen molar-refractivity contribution in [2.45, 2.75) is 30.7 Å². The van der Waals surface area contributed by atoms with Crippen molar-refractivity contribution in [1.29, 1.82) is 0 Å². The van der Waals surface area contributed by atoms with E-state index in [-0.39, 0.29) is 16.8 Å². The lowest BCUT2D eigenvalue weighted by molar-refractivity contribution is 0.102. The predicted molar refractivity (Wildman–Crippen MR) is 119 cm³/mol. The van der Waals surface area contributed by atoms with Gasteiger partial charge in [-0.3, -0.25) is 4.79 Å². The van der Waals surface area contributed by atoms with Gasteiger partial charge in [0.15, 0.2) is 0 Å². The zero-order valence-corrected chi connectivity index (χ0v) is 17.6. The van der Waals surface area contributed by atoms with E-state index in [2.05, 4.69) is 15.4 Å². The molecule has 1 heterocycles. The van der Waals surface area contributed by atoms with Crippen LogP contribution in [0.4, 0.5) is 5.69 Å². The summed E-state index contributed by atoms with van der Waals surface area (Å²) < 4.78 is 29.0.